The topological polar surface area (TPSA) is 61.4 Å². The fraction of sp³-hybridized carbons (Fsp3) is 0.619. The molecule has 2 N–H and O–H groups in total. The second kappa shape index (κ2) is 11.3. The van der Waals surface area contributed by atoms with Crippen LogP contribution in [0.25, 0.3) is 0 Å². The highest BCUT2D eigenvalue weighted by atomic mass is 32.2. The number of nitrogens with zero attached hydrogens (tertiary/aromatic N) is 1. The van der Waals surface area contributed by atoms with Gasteiger partial charge in [-0.2, -0.15) is 11.8 Å². The Morgan fingerprint density at radius 3 is 2.67 bits per heavy atom. The predicted molar refractivity (Wildman–Crippen MR) is 113 cm³/mol. The Bertz CT molecular complexity index is 615. The molecule has 1 saturated heterocycles. The molecule has 1 aliphatic heterocycles. The lowest BCUT2D eigenvalue weighted by molar-refractivity contribution is -0.124. The van der Waals surface area contributed by atoms with Gasteiger partial charge in [0.2, 0.25) is 5.91 Å². The van der Waals surface area contributed by atoms with Gasteiger partial charge in [0.15, 0.2) is 0 Å². The van der Waals surface area contributed by atoms with E-state index >= 15 is 0 Å². The smallest absolute Gasteiger partial charge is 0.251 e. The molecule has 1 aliphatic rings. The number of aryl methyl sites for hydroxylation is 1. The van der Waals surface area contributed by atoms with Crippen LogP contribution in [0.15, 0.2) is 24.3 Å². The number of carbonyl (C=O) groups is 2. The second-order valence-corrected chi connectivity index (χ2v) is 8.29. The van der Waals surface area contributed by atoms with Gasteiger partial charge in [-0.3, -0.25) is 9.59 Å². The van der Waals surface area contributed by atoms with Crippen molar-refractivity contribution in [2.75, 3.05) is 31.6 Å². The Kier molecular flexibility index (Phi) is 9.15. The van der Waals surface area contributed by atoms with Gasteiger partial charge in [0.05, 0.1) is 0 Å². The molecule has 1 aromatic rings. The molecule has 1 atom stereocenters. The molecule has 1 aromatic carbocycles. The van der Waals surface area contributed by atoms with Crippen molar-refractivity contribution in [2.24, 2.45) is 0 Å². The minimum Gasteiger partial charge on any atom is -0.351 e. The first kappa shape index (κ1) is 21.8. The first-order valence-electron chi connectivity index (χ1n) is 9.92. The van der Waals surface area contributed by atoms with E-state index < -0.39 is 6.04 Å². The van der Waals surface area contributed by atoms with Crippen molar-refractivity contribution >= 4 is 23.6 Å². The molecule has 1 unspecified atom stereocenters. The number of hydrogen-bond donors (Lipinski definition) is 2. The molecule has 2 rings (SSSR count). The Balaban J connectivity index is 1.92. The van der Waals surface area contributed by atoms with Crippen molar-refractivity contribution in [2.45, 2.75) is 51.6 Å². The molecule has 5 nitrogen and oxygen atoms in total. The third-order valence-electron chi connectivity index (χ3n) is 4.99. The van der Waals surface area contributed by atoms with E-state index in [0.29, 0.717) is 12.0 Å². The SMILES string of the molecule is CCCN1CCC(NC(=O)C(CCSC)NC(=O)c2cccc(C)c2)CC1. The standard InChI is InChI=1S/C21H33N3O2S/c1-4-11-24-12-8-18(9-13-24)22-21(26)19(10-14-27-3)23-20(25)17-7-5-6-16(2)15-17/h5-7,15,18-19H,4,8-14H2,1-3H3,(H,22,26)(H,23,25). The minimum atomic E-state index is -0.487. The lowest BCUT2D eigenvalue weighted by atomic mass is 10.0. The van der Waals surface area contributed by atoms with Crippen LogP contribution in [0.4, 0.5) is 0 Å². The number of likely N-dealkylation sites (tertiary alicyclic amines) is 1. The average molecular weight is 392 g/mol. The van der Waals surface area contributed by atoms with Crippen molar-refractivity contribution in [3.8, 4) is 0 Å². The van der Waals surface area contributed by atoms with Crippen molar-refractivity contribution in [1.82, 2.24) is 15.5 Å². The van der Waals surface area contributed by atoms with Crippen LogP contribution in [-0.2, 0) is 4.79 Å². The first-order valence-corrected chi connectivity index (χ1v) is 11.3. The molecule has 0 saturated carbocycles. The van der Waals surface area contributed by atoms with Gasteiger partial charge in [0.25, 0.3) is 5.91 Å². The van der Waals surface area contributed by atoms with E-state index in [1.807, 2.05) is 31.4 Å². The summed E-state index contributed by atoms with van der Waals surface area (Å²) >= 11 is 1.69. The van der Waals surface area contributed by atoms with E-state index in [4.69, 9.17) is 0 Å². The lowest BCUT2D eigenvalue weighted by Crippen LogP contribution is -2.52. The third-order valence-corrected chi connectivity index (χ3v) is 5.63. The van der Waals surface area contributed by atoms with Crippen molar-refractivity contribution < 1.29 is 9.59 Å². The quantitative estimate of drug-likeness (QED) is 0.680. The van der Waals surface area contributed by atoms with Crippen LogP contribution < -0.4 is 10.6 Å². The fourth-order valence-corrected chi connectivity index (χ4v) is 3.92. The Hall–Kier alpha value is -1.53. The van der Waals surface area contributed by atoms with Gasteiger partial charge in [0, 0.05) is 24.7 Å². The molecule has 2 amide bonds. The maximum absolute atomic E-state index is 12.8. The largest absolute Gasteiger partial charge is 0.351 e. The van der Waals surface area contributed by atoms with Crippen LogP contribution in [0, 0.1) is 6.92 Å². The molecule has 0 aromatic heterocycles. The Morgan fingerprint density at radius 1 is 1.30 bits per heavy atom. The lowest BCUT2D eigenvalue weighted by Gasteiger charge is -2.33. The predicted octanol–water partition coefficient (Wildman–Crippen LogP) is 2.84. The van der Waals surface area contributed by atoms with Crippen LogP contribution in [0.2, 0.25) is 0 Å². The zero-order chi connectivity index (χ0) is 19.6. The summed E-state index contributed by atoms with van der Waals surface area (Å²) in [7, 11) is 0. The van der Waals surface area contributed by atoms with Crippen LogP contribution in [0.1, 0.15) is 48.5 Å². The molecular weight excluding hydrogens is 358 g/mol. The molecule has 0 bridgehead atoms. The number of amides is 2. The second-order valence-electron chi connectivity index (χ2n) is 7.30. The highest BCUT2D eigenvalue weighted by molar-refractivity contribution is 7.98. The number of hydrogen-bond acceptors (Lipinski definition) is 4. The number of rotatable bonds is 9. The van der Waals surface area contributed by atoms with Gasteiger partial charge >= 0.3 is 0 Å². The Labute approximate surface area is 167 Å². The maximum Gasteiger partial charge on any atom is 0.251 e. The molecule has 6 heteroatoms. The first-order chi connectivity index (χ1) is 13.0. The summed E-state index contributed by atoms with van der Waals surface area (Å²) in [6.07, 6.45) is 5.78. The molecule has 0 radical (unpaired) electrons. The molecule has 150 valence electrons. The van der Waals surface area contributed by atoms with Crippen molar-refractivity contribution in [3.63, 3.8) is 0 Å². The normalized spacial score (nSPS) is 16.7. The van der Waals surface area contributed by atoms with E-state index in [1.54, 1.807) is 17.8 Å². The molecule has 0 spiro atoms. The molecule has 27 heavy (non-hydrogen) atoms. The summed E-state index contributed by atoms with van der Waals surface area (Å²) in [5, 5.41) is 6.11. The van der Waals surface area contributed by atoms with Crippen LogP contribution >= 0.6 is 11.8 Å². The summed E-state index contributed by atoms with van der Waals surface area (Å²) in [6, 6.07) is 7.18. The minimum absolute atomic E-state index is 0.0565. The van der Waals surface area contributed by atoms with Crippen LogP contribution in [-0.4, -0.2) is 60.4 Å². The van der Waals surface area contributed by atoms with Gasteiger partial charge in [0.1, 0.15) is 6.04 Å². The van der Waals surface area contributed by atoms with E-state index in [1.165, 1.54) is 6.42 Å². The number of carbonyl (C=O) groups excluding carboxylic acids is 2. The summed E-state index contributed by atoms with van der Waals surface area (Å²) in [5.41, 5.74) is 1.64. The highest BCUT2D eigenvalue weighted by Crippen LogP contribution is 2.12. The summed E-state index contributed by atoms with van der Waals surface area (Å²) < 4.78 is 0. The highest BCUT2D eigenvalue weighted by Gasteiger charge is 2.25. The van der Waals surface area contributed by atoms with Gasteiger partial charge in [-0.05, 0) is 63.3 Å². The molecular formula is C21H33N3O2S. The van der Waals surface area contributed by atoms with E-state index in [2.05, 4.69) is 22.5 Å². The fourth-order valence-electron chi connectivity index (χ4n) is 3.45. The third kappa shape index (κ3) is 7.18. The number of nitrogens with one attached hydrogen (secondary N) is 2. The van der Waals surface area contributed by atoms with Crippen molar-refractivity contribution in [1.29, 1.82) is 0 Å². The summed E-state index contributed by atoms with van der Waals surface area (Å²) in [4.78, 5) is 27.8. The zero-order valence-corrected chi connectivity index (χ0v) is 17.6. The van der Waals surface area contributed by atoms with E-state index in [-0.39, 0.29) is 17.9 Å². The Morgan fingerprint density at radius 2 is 2.04 bits per heavy atom. The van der Waals surface area contributed by atoms with Gasteiger partial charge in [-0.25, -0.2) is 0 Å². The number of piperidine rings is 1. The average Bonchev–Trinajstić information content (AvgIpc) is 2.66. The van der Waals surface area contributed by atoms with Crippen LogP contribution in [0.3, 0.4) is 0 Å². The number of benzene rings is 1. The van der Waals surface area contributed by atoms with Crippen LogP contribution in [0.5, 0.6) is 0 Å². The van der Waals surface area contributed by atoms with Crippen molar-refractivity contribution in [3.05, 3.63) is 35.4 Å². The van der Waals surface area contributed by atoms with Gasteiger partial charge < -0.3 is 15.5 Å². The van der Waals surface area contributed by atoms with Gasteiger partial charge in [-0.1, -0.05) is 24.6 Å². The maximum atomic E-state index is 12.8. The van der Waals surface area contributed by atoms with Gasteiger partial charge in [-0.15, -0.1) is 0 Å². The molecule has 1 heterocycles. The molecule has 1 fully saturated rings. The number of thioether (sulfide) groups is 1. The zero-order valence-electron chi connectivity index (χ0n) is 16.8. The summed E-state index contributed by atoms with van der Waals surface area (Å²) in [5.74, 6) is 0.595. The molecule has 0 aliphatic carbocycles. The monoisotopic (exact) mass is 391 g/mol. The van der Waals surface area contributed by atoms with E-state index in [0.717, 1.165) is 43.8 Å². The summed E-state index contributed by atoms with van der Waals surface area (Å²) in [6.45, 7) is 7.35. The van der Waals surface area contributed by atoms with E-state index in [9.17, 15) is 9.59 Å².